The molecule has 0 aliphatic carbocycles. The molecule has 1 unspecified atom stereocenters. The average Bonchev–Trinajstić information content (AvgIpc) is 2.21. The Hall–Kier alpha value is -0.980. The van der Waals surface area contributed by atoms with E-state index in [2.05, 4.69) is 39.0 Å². The maximum atomic E-state index is 5.74. The van der Waals surface area contributed by atoms with E-state index < -0.39 is 0 Å². The molecule has 0 N–H and O–H groups in total. The van der Waals surface area contributed by atoms with Crippen LogP contribution in [0.3, 0.4) is 0 Å². The molecule has 0 saturated carbocycles. The highest BCUT2D eigenvalue weighted by molar-refractivity contribution is 5.44. The Labute approximate surface area is 93.5 Å². The molecule has 0 spiro atoms. The van der Waals surface area contributed by atoms with Crippen LogP contribution in [-0.2, 0) is 6.42 Å². The first-order valence-corrected chi connectivity index (χ1v) is 5.78. The maximum Gasteiger partial charge on any atom is 0.125 e. The summed E-state index contributed by atoms with van der Waals surface area (Å²) < 4.78 is 5.74. The lowest BCUT2D eigenvalue weighted by Crippen LogP contribution is -2.02. The molecule has 1 aromatic rings. The molecule has 0 fully saturated rings. The second-order valence-corrected chi connectivity index (χ2v) is 3.92. The Balaban J connectivity index is 3.09. The zero-order chi connectivity index (χ0) is 11.3. The normalized spacial score (nSPS) is 10.7. The minimum absolute atomic E-state index is 0.281. The average molecular weight is 205 g/mol. The quantitative estimate of drug-likeness (QED) is 0.706. The van der Waals surface area contributed by atoms with Crippen LogP contribution in [0.15, 0.2) is 18.2 Å². The van der Waals surface area contributed by atoms with Gasteiger partial charge in [0.15, 0.2) is 0 Å². The van der Waals surface area contributed by atoms with E-state index in [1.165, 1.54) is 11.1 Å². The van der Waals surface area contributed by atoms with E-state index >= 15 is 0 Å². The van der Waals surface area contributed by atoms with E-state index in [0.717, 1.165) is 25.2 Å². The van der Waals surface area contributed by atoms with Gasteiger partial charge in [0.25, 0.3) is 0 Å². The topological polar surface area (TPSA) is 9.23 Å². The summed E-state index contributed by atoms with van der Waals surface area (Å²) in [4.78, 5) is 0. The highest BCUT2D eigenvalue weighted by Crippen LogP contribution is 2.30. The molecule has 1 heteroatoms. The van der Waals surface area contributed by atoms with Crippen molar-refractivity contribution < 1.29 is 4.74 Å². The van der Waals surface area contributed by atoms with Gasteiger partial charge in [0.05, 0.1) is 6.61 Å². The fourth-order valence-electron chi connectivity index (χ4n) is 1.78. The van der Waals surface area contributed by atoms with Gasteiger partial charge in [0, 0.05) is 0 Å². The second kappa shape index (κ2) is 5.79. The Kier molecular flexibility index (Phi) is 4.67. The van der Waals surface area contributed by atoms with Gasteiger partial charge in [-0.1, -0.05) is 38.5 Å². The first kappa shape index (κ1) is 12.1. The number of hydrogen-bond donors (Lipinski definition) is 0. The van der Waals surface area contributed by atoms with Crippen molar-refractivity contribution in [2.45, 2.75) is 39.5 Å². The molecule has 0 amide bonds. The van der Waals surface area contributed by atoms with Crippen molar-refractivity contribution in [2.75, 3.05) is 6.61 Å². The Morgan fingerprint density at radius 3 is 2.60 bits per heavy atom. The SMILES string of the molecule is [CH2]C(C)c1cccc(CCC)c1OCC. The molecule has 1 radical (unpaired) electrons. The Bertz CT molecular complexity index is 302. The highest BCUT2D eigenvalue weighted by atomic mass is 16.5. The van der Waals surface area contributed by atoms with E-state index in [0.29, 0.717) is 0 Å². The van der Waals surface area contributed by atoms with Gasteiger partial charge < -0.3 is 4.74 Å². The third-order valence-corrected chi connectivity index (χ3v) is 2.47. The molecule has 0 aromatic heterocycles. The van der Waals surface area contributed by atoms with Gasteiger partial charge in [0.2, 0.25) is 0 Å². The van der Waals surface area contributed by atoms with E-state index in [4.69, 9.17) is 4.74 Å². The van der Waals surface area contributed by atoms with Gasteiger partial charge in [-0.25, -0.2) is 0 Å². The third-order valence-electron chi connectivity index (χ3n) is 2.47. The van der Waals surface area contributed by atoms with Crippen LogP contribution in [0.4, 0.5) is 0 Å². The summed E-state index contributed by atoms with van der Waals surface area (Å²) in [5.41, 5.74) is 2.54. The van der Waals surface area contributed by atoms with Gasteiger partial charge in [-0.2, -0.15) is 0 Å². The molecule has 0 bridgehead atoms. The lowest BCUT2D eigenvalue weighted by atomic mass is 9.97. The van der Waals surface area contributed by atoms with Crippen LogP contribution in [0, 0.1) is 6.92 Å². The van der Waals surface area contributed by atoms with Crippen molar-refractivity contribution >= 4 is 0 Å². The van der Waals surface area contributed by atoms with Crippen molar-refractivity contribution in [2.24, 2.45) is 0 Å². The minimum Gasteiger partial charge on any atom is -0.493 e. The molecular formula is C14H21O. The lowest BCUT2D eigenvalue weighted by molar-refractivity contribution is 0.332. The van der Waals surface area contributed by atoms with Gasteiger partial charge in [0.1, 0.15) is 5.75 Å². The van der Waals surface area contributed by atoms with E-state index in [9.17, 15) is 0 Å². The van der Waals surface area contributed by atoms with Crippen LogP contribution in [0.25, 0.3) is 0 Å². The summed E-state index contributed by atoms with van der Waals surface area (Å²) in [6.45, 7) is 11.1. The molecule has 0 aliphatic rings. The summed E-state index contributed by atoms with van der Waals surface area (Å²) >= 11 is 0. The molecule has 0 saturated heterocycles. The molecule has 1 nitrogen and oxygen atoms in total. The Morgan fingerprint density at radius 2 is 2.07 bits per heavy atom. The fourth-order valence-corrected chi connectivity index (χ4v) is 1.78. The predicted octanol–water partition coefficient (Wildman–Crippen LogP) is 3.98. The summed E-state index contributed by atoms with van der Waals surface area (Å²) in [5.74, 6) is 1.34. The summed E-state index contributed by atoms with van der Waals surface area (Å²) in [6.07, 6.45) is 2.23. The van der Waals surface area contributed by atoms with E-state index in [1.54, 1.807) is 0 Å². The molecule has 0 aliphatic heterocycles. The van der Waals surface area contributed by atoms with Crippen molar-refractivity contribution in [1.29, 1.82) is 0 Å². The fraction of sp³-hybridized carbons (Fsp3) is 0.500. The number of aryl methyl sites for hydroxylation is 1. The number of para-hydroxylation sites is 1. The lowest BCUT2D eigenvalue weighted by Gasteiger charge is -2.16. The monoisotopic (exact) mass is 205 g/mol. The molecule has 0 heterocycles. The van der Waals surface area contributed by atoms with Gasteiger partial charge in [-0.05, 0) is 37.3 Å². The van der Waals surface area contributed by atoms with Crippen molar-refractivity contribution in [3.05, 3.63) is 36.2 Å². The van der Waals surface area contributed by atoms with Gasteiger partial charge in [-0.3, -0.25) is 0 Å². The van der Waals surface area contributed by atoms with Crippen molar-refractivity contribution in [3.63, 3.8) is 0 Å². The highest BCUT2D eigenvalue weighted by Gasteiger charge is 2.11. The van der Waals surface area contributed by atoms with Crippen LogP contribution in [0.1, 0.15) is 44.2 Å². The van der Waals surface area contributed by atoms with Crippen LogP contribution in [0.5, 0.6) is 5.75 Å². The third kappa shape index (κ3) is 2.98. The zero-order valence-electron chi connectivity index (χ0n) is 10.0. The molecule has 1 rings (SSSR count). The van der Waals surface area contributed by atoms with Crippen LogP contribution >= 0.6 is 0 Å². The maximum absolute atomic E-state index is 5.74. The van der Waals surface area contributed by atoms with Crippen LogP contribution in [-0.4, -0.2) is 6.61 Å². The van der Waals surface area contributed by atoms with Crippen LogP contribution in [0.2, 0.25) is 0 Å². The summed E-state index contributed by atoms with van der Waals surface area (Å²) in [5, 5.41) is 0. The zero-order valence-corrected chi connectivity index (χ0v) is 10.0. The molecule has 15 heavy (non-hydrogen) atoms. The predicted molar refractivity (Wildman–Crippen MR) is 65.4 cm³/mol. The number of rotatable bonds is 5. The molecule has 1 atom stereocenters. The molecular weight excluding hydrogens is 184 g/mol. The molecule has 1 aromatic carbocycles. The van der Waals surface area contributed by atoms with Crippen molar-refractivity contribution in [3.8, 4) is 5.75 Å². The largest absolute Gasteiger partial charge is 0.493 e. The van der Waals surface area contributed by atoms with Gasteiger partial charge >= 0.3 is 0 Å². The van der Waals surface area contributed by atoms with Crippen LogP contribution < -0.4 is 4.74 Å². The van der Waals surface area contributed by atoms with E-state index in [-0.39, 0.29) is 5.92 Å². The number of ether oxygens (including phenoxy) is 1. The first-order valence-electron chi connectivity index (χ1n) is 5.78. The minimum atomic E-state index is 0.281. The first-order chi connectivity index (χ1) is 7.20. The second-order valence-electron chi connectivity index (χ2n) is 3.92. The Morgan fingerprint density at radius 1 is 1.33 bits per heavy atom. The van der Waals surface area contributed by atoms with E-state index in [1.807, 2.05) is 6.92 Å². The smallest absolute Gasteiger partial charge is 0.125 e. The molecule has 83 valence electrons. The number of benzene rings is 1. The summed E-state index contributed by atoms with van der Waals surface area (Å²) in [6, 6.07) is 6.37. The standard InChI is InChI=1S/C14H21O/c1-5-8-12-9-7-10-13(11(3)4)14(12)15-6-2/h7,9-11H,3,5-6,8H2,1-2,4H3. The van der Waals surface area contributed by atoms with Gasteiger partial charge in [-0.15, -0.1) is 0 Å². The van der Waals surface area contributed by atoms with Crippen molar-refractivity contribution in [1.82, 2.24) is 0 Å². The summed E-state index contributed by atoms with van der Waals surface area (Å²) in [7, 11) is 0. The number of hydrogen-bond acceptors (Lipinski definition) is 1.